The van der Waals surface area contributed by atoms with E-state index in [4.69, 9.17) is 10.8 Å². The van der Waals surface area contributed by atoms with Gasteiger partial charge in [0.15, 0.2) is 0 Å². The first-order chi connectivity index (χ1) is 9.29. The zero-order valence-corrected chi connectivity index (χ0v) is 11.7. The Morgan fingerprint density at radius 2 is 1.79 bits per heavy atom. The first-order valence-electron chi connectivity index (χ1n) is 5.91. The van der Waals surface area contributed by atoms with E-state index in [0.717, 1.165) is 32.3 Å². The Morgan fingerprint density at radius 3 is 2.53 bits per heavy atom. The van der Waals surface area contributed by atoms with Gasteiger partial charge in [-0.2, -0.15) is 0 Å². The van der Waals surface area contributed by atoms with Gasteiger partial charge in [0.05, 0.1) is 16.9 Å². The number of fused-ring (bicyclic) bond motifs is 1. The number of hydrogen-bond donors (Lipinski definition) is 2. The first kappa shape index (κ1) is 12.1. The Labute approximate surface area is 119 Å². The highest BCUT2D eigenvalue weighted by Gasteiger charge is 2.08. The summed E-state index contributed by atoms with van der Waals surface area (Å²) in [7, 11) is 0. The number of nitrogens with zero attached hydrogens (tertiary/aromatic N) is 1. The van der Waals surface area contributed by atoms with Crippen LogP contribution < -0.4 is 11.3 Å². The molecule has 0 spiro atoms. The maximum absolute atomic E-state index is 5.62. The van der Waals surface area contributed by atoms with Gasteiger partial charge in [-0.05, 0) is 28.1 Å². The summed E-state index contributed by atoms with van der Waals surface area (Å²) < 4.78 is 0.958. The largest absolute Gasteiger partial charge is 0.323 e. The van der Waals surface area contributed by atoms with Gasteiger partial charge in [0, 0.05) is 15.4 Å². The third-order valence-corrected chi connectivity index (χ3v) is 3.66. The second-order valence-electron chi connectivity index (χ2n) is 4.20. The van der Waals surface area contributed by atoms with Gasteiger partial charge in [-0.1, -0.05) is 42.5 Å². The predicted octanol–water partition coefficient (Wildman–Crippen LogP) is 3.95. The van der Waals surface area contributed by atoms with Crippen LogP contribution in [0.15, 0.2) is 59.1 Å². The molecule has 1 aromatic heterocycles. The van der Waals surface area contributed by atoms with Crippen LogP contribution in [-0.2, 0) is 0 Å². The van der Waals surface area contributed by atoms with Crippen molar-refractivity contribution in [3.63, 3.8) is 0 Å². The van der Waals surface area contributed by atoms with Gasteiger partial charge >= 0.3 is 0 Å². The van der Waals surface area contributed by atoms with E-state index in [9.17, 15) is 0 Å². The fourth-order valence-electron chi connectivity index (χ4n) is 2.09. The maximum atomic E-state index is 5.62. The molecule has 0 aliphatic heterocycles. The predicted molar refractivity (Wildman–Crippen MR) is 82.7 cm³/mol. The summed E-state index contributed by atoms with van der Waals surface area (Å²) in [6.07, 6.45) is 0. The zero-order chi connectivity index (χ0) is 13.2. The number of aromatic nitrogens is 1. The molecular formula is C15H12BrN3. The topological polar surface area (TPSA) is 50.9 Å². The number of pyridine rings is 1. The lowest BCUT2D eigenvalue weighted by atomic mass is 10.1. The van der Waals surface area contributed by atoms with E-state index in [1.165, 1.54) is 0 Å². The van der Waals surface area contributed by atoms with Crippen molar-refractivity contribution in [1.29, 1.82) is 0 Å². The number of hydrazine groups is 1. The van der Waals surface area contributed by atoms with E-state index in [1.54, 1.807) is 0 Å². The lowest BCUT2D eigenvalue weighted by molar-refractivity contribution is 1.33. The Balaban J connectivity index is 2.31. The van der Waals surface area contributed by atoms with Gasteiger partial charge in [-0.25, -0.2) is 4.98 Å². The molecule has 0 aliphatic carbocycles. The van der Waals surface area contributed by atoms with E-state index >= 15 is 0 Å². The number of hydrogen-bond acceptors (Lipinski definition) is 3. The second kappa shape index (κ2) is 4.99. The van der Waals surface area contributed by atoms with Gasteiger partial charge < -0.3 is 5.43 Å². The van der Waals surface area contributed by atoms with Crippen molar-refractivity contribution in [1.82, 2.24) is 4.98 Å². The minimum Gasteiger partial charge on any atom is -0.323 e. The van der Waals surface area contributed by atoms with E-state index in [2.05, 4.69) is 21.4 Å². The van der Waals surface area contributed by atoms with Crippen LogP contribution in [0.1, 0.15) is 0 Å². The van der Waals surface area contributed by atoms with Crippen LogP contribution >= 0.6 is 15.9 Å². The van der Waals surface area contributed by atoms with Crippen molar-refractivity contribution in [2.45, 2.75) is 0 Å². The highest BCUT2D eigenvalue weighted by atomic mass is 79.9. The molecule has 0 atom stereocenters. The number of benzene rings is 2. The summed E-state index contributed by atoms with van der Waals surface area (Å²) in [6.45, 7) is 0. The lowest BCUT2D eigenvalue weighted by Gasteiger charge is -2.10. The summed E-state index contributed by atoms with van der Waals surface area (Å²) >= 11 is 3.54. The van der Waals surface area contributed by atoms with Crippen molar-refractivity contribution >= 4 is 32.5 Å². The highest BCUT2D eigenvalue weighted by molar-refractivity contribution is 9.10. The van der Waals surface area contributed by atoms with Crippen LogP contribution in [0.5, 0.6) is 0 Å². The Hall–Kier alpha value is -1.91. The highest BCUT2D eigenvalue weighted by Crippen LogP contribution is 2.31. The molecule has 0 unspecified atom stereocenters. The molecule has 19 heavy (non-hydrogen) atoms. The van der Waals surface area contributed by atoms with Crippen molar-refractivity contribution in [3.05, 3.63) is 59.1 Å². The Morgan fingerprint density at radius 1 is 1.00 bits per heavy atom. The van der Waals surface area contributed by atoms with E-state index < -0.39 is 0 Å². The quantitative estimate of drug-likeness (QED) is 0.556. The molecule has 2 aromatic carbocycles. The molecule has 94 valence electrons. The molecular weight excluding hydrogens is 302 g/mol. The van der Waals surface area contributed by atoms with Crippen molar-refractivity contribution in [3.8, 4) is 11.3 Å². The fraction of sp³-hybridized carbons (Fsp3) is 0. The van der Waals surface area contributed by atoms with Crippen LogP contribution in [0, 0.1) is 0 Å². The molecule has 3 aromatic rings. The smallest absolute Gasteiger partial charge is 0.0872 e. The number of para-hydroxylation sites is 1. The van der Waals surface area contributed by atoms with Crippen molar-refractivity contribution in [2.75, 3.05) is 5.43 Å². The third kappa shape index (κ3) is 2.20. The molecule has 3 N–H and O–H groups in total. The minimum atomic E-state index is 0.866. The average molecular weight is 314 g/mol. The average Bonchev–Trinajstić information content (AvgIpc) is 2.48. The third-order valence-electron chi connectivity index (χ3n) is 3.02. The van der Waals surface area contributed by atoms with Crippen molar-refractivity contribution < 1.29 is 0 Å². The number of rotatable bonds is 2. The SMILES string of the molecule is NNc1cc(-c2ccccc2)nc2c(Br)cccc12. The molecule has 4 heteroatoms. The molecule has 0 radical (unpaired) electrons. The van der Waals surface area contributed by atoms with Gasteiger partial charge in [-0.15, -0.1) is 0 Å². The molecule has 3 nitrogen and oxygen atoms in total. The van der Waals surface area contributed by atoms with E-state index in [-0.39, 0.29) is 0 Å². The van der Waals surface area contributed by atoms with Crippen LogP contribution in [0.2, 0.25) is 0 Å². The number of nitrogens with one attached hydrogen (secondary N) is 1. The second-order valence-corrected chi connectivity index (χ2v) is 5.06. The summed E-state index contributed by atoms with van der Waals surface area (Å²) in [4.78, 5) is 4.71. The van der Waals surface area contributed by atoms with Gasteiger partial charge in [0.2, 0.25) is 0 Å². The molecule has 3 rings (SSSR count). The number of nitrogens with two attached hydrogens (primary N) is 1. The summed E-state index contributed by atoms with van der Waals surface area (Å²) in [6, 6.07) is 18.0. The normalized spacial score (nSPS) is 10.6. The van der Waals surface area contributed by atoms with Crippen LogP contribution in [0.25, 0.3) is 22.2 Å². The summed E-state index contributed by atoms with van der Waals surface area (Å²) in [5.41, 5.74) is 6.47. The Kier molecular flexibility index (Phi) is 3.19. The molecule has 0 bridgehead atoms. The minimum absolute atomic E-state index is 0.866. The first-order valence-corrected chi connectivity index (χ1v) is 6.70. The van der Waals surface area contributed by atoms with Crippen molar-refractivity contribution in [2.24, 2.45) is 5.84 Å². The molecule has 0 fully saturated rings. The maximum Gasteiger partial charge on any atom is 0.0872 e. The summed E-state index contributed by atoms with van der Waals surface area (Å²) in [5, 5.41) is 0.997. The molecule has 0 aliphatic rings. The molecule has 0 saturated carbocycles. The van der Waals surface area contributed by atoms with Crippen LogP contribution in [-0.4, -0.2) is 4.98 Å². The van der Waals surface area contributed by atoms with E-state index in [0.29, 0.717) is 0 Å². The monoisotopic (exact) mass is 313 g/mol. The van der Waals surface area contributed by atoms with Crippen LogP contribution in [0.3, 0.4) is 0 Å². The molecule has 1 heterocycles. The standard InChI is InChI=1S/C15H12BrN3/c16-12-8-4-7-11-14(19-17)9-13(18-15(11)12)10-5-2-1-3-6-10/h1-9H,17H2,(H,18,19). The van der Waals surface area contributed by atoms with Gasteiger partial charge in [-0.3, -0.25) is 5.84 Å². The van der Waals surface area contributed by atoms with Crippen LogP contribution in [0.4, 0.5) is 5.69 Å². The van der Waals surface area contributed by atoms with E-state index in [1.807, 2.05) is 54.6 Å². The zero-order valence-electron chi connectivity index (χ0n) is 10.1. The number of anilines is 1. The Bertz CT molecular complexity index is 726. The molecule has 0 amide bonds. The van der Waals surface area contributed by atoms with Gasteiger partial charge in [0.25, 0.3) is 0 Å². The number of halogens is 1. The number of nitrogen functional groups attached to an aromatic ring is 1. The lowest BCUT2D eigenvalue weighted by Crippen LogP contribution is -2.08. The molecule has 0 saturated heterocycles. The summed E-state index contributed by atoms with van der Waals surface area (Å²) in [5.74, 6) is 5.62. The fourth-order valence-corrected chi connectivity index (χ4v) is 2.54. The van der Waals surface area contributed by atoms with Gasteiger partial charge in [0.1, 0.15) is 0 Å².